The number of aliphatic imine (C=N–C) groups is 1. The number of nitrogens with zero attached hydrogens (tertiary/aromatic N) is 1. The molecule has 0 saturated carbocycles. The van der Waals surface area contributed by atoms with Crippen molar-refractivity contribution in [1.82, 2.24) is 0 Å². The number of carbonyl (C=O) groups excluding carboxylic acids is 1. The number of aldehydes is 1. The van der Waals surface area contributed by atoms with Gasteiger partial charge < -0.3 is 4.79 Å². The normalized spacial score (nSPS) is 13.5. The number of hydrogen-bond donors (Lipinski definition) is 0. The van der Waals surface area contributed by atoms with E-state index in [0.29, 0.717) is 6.42 Å². The Hall–Kier alpha value is -0.480. The molecule has 0 radical (unpaired) electrons. The van der Waals surface area contributed by atoms with E-state index < -0.39 is 0 Å². The Kier molecular flexibility index (Phi) is 10.2. The van der Waals surface area contributed by atoms with Crippen LogP contribution in [-0.4, -0.2) is 23.6 Å². The molecule has 0 bridgehead atoms. The minimum Gasteiger partial charge on any atom is -0.303 e. The van der Waals surface area contributed by atoms with Crippen LogP contribution in [-0.2, 0) is 4.79 Å². The zero-order valence-electron chi connectivity index (χ0n) is 8.26. The van der Waals surface area contributed by atoms with Gasteiger partial charge in [-0.25, -0.2) is 0 Å². The third-order valence-corrected chi connectivity index (χ3v) is 3.71. The summed E-state index contributed by atoms with van der Waals surface area (Å²) in [4.78, 5) is 14.3. The molecule has 0 aromatic rings. The van der Waals surface area contributed by atoms with Crippen molar-refractivity contribution in [2.24, 2.45) is 4.99 Å². The molecule has 0 N–H and O–H groups in total. The summed E-state index contributed by atoms with van der Waals surface area (Å²) in [5, 5.41) is 0.120. The summed E-state index contributed by atoms with van der Waals surface area (Å²) in [6.07, 6.45) is 8.91. The number of carbonyl (C=O) groups is 1. The van der Waals surface area contributed by atoms with Crippen LogP contribution in [0.2, 0.25) is 0 Å². The Labute approximate surface area is 93.3 Å². The molecule has 0 aliphatic heterocycles. The lowest BCUT2D eigenvalue weighted by Crippen LogP contribution is -1.91. The second kappa shape index (κ2) is 10.6. The van der Waals surface area contributed by atoms with Crippen LogP contribution in [0, 0.1) is 0 Å². The number of allylic oxidation sites excluding steroid dienone is 2. The summed E-state index contributed by atoms with van der Waals surface area (Å²) in [6.45, 7) is 5.50. The van der Waals surface area contributed by atoms with Gasteiger partial charge in [-0.15, -0.1) is 0 Å². The van der Waals surface area contributed by atoms with E-state index in [2.05, 4.69) is 11.6 Å². The third-order valence-electron chi connectivity index (χ3n) is 1.19. The van der Waals surface area contributed by atoms with Crippen LogP contribution >= 0.6 is 21.6 Å². The molecule has 0 aliphatic rings. The molecule has 0 heterocycles. The lowest BCUT2D eigenvalue weighted by molar-refractivity contribution is -0.107. The minimum absolute atomic E-state index is 0.120. The zero-order valence-corrected chi connectivity index (χ0v) is 9.89. The Bertz CT molecular complexity index is 214. The highest BCUT2D eigenvalue weighted by Gasteiger charge is 2.00. The molecule has 2 nitrogen and oxygen atoms in total. The van der Waals surface area contributed by atoms with Crippen LogP contribution < -0.4 is 0 Å². The van der Waals surface area contributed by atoms with E-state index in [1.165, 1.54) is 0 Å². The number of hydrogen-bond acceptors (Lipinski definition) is 4. The van der Waals surface area contributed by atoms with Gasteiger partial charge >= 0.3 is 0 Å². The van der Waals surface area contributed by atoms with Crippen molar-refractivity contribution in [3.63, 3.8) is 0 Å². The Morgan fingerprint density at radius 1 is 1.57 bits per heavy atom. The van der Waals surface area contributed by atoms with Crippen LogP contribution in [0.5, 0.6) is 0 Å². The van der Waals surface area contributed by atoms with Gasteiger partial charge in [0, 0.05) is 12.2 Å². The van der Waals surface area contributed by atoms with Gasteiger partial charge in [0.1, 0.15) is 11.7 Å². The molecule has 4 heteroatoms. The minimum atomic E-state index is 0.120. The molecule has 1 unspecified atom stereocenters. The fraction of sp³-hybridized carbons (Fsp3) is 0.400. The molecular formula is C10H15NOS2. The third kappa shape index (κ3) is 8.13. The van der Waals surface area contributed by atoms with Gasteiger partial charge in [0.2, 0.25) is 0 Å². The van der Waals surface area contributed by atoms with Crippen molar-refractivity contribution in [2.45, 2.75) is 18.7 Å². The van der Waals surface area contributed by atoms with E-state index in [9.17, 15) is 4.79 Å². The fourth-order valence-corrected chi connectivity index (χ4v) is 2.73. The van der Waals surface area contributed by atoms with Crippen molar-refractivity contribution in [3.8, 4) is 0 Å². The highest BCUT2D eigenvalue weighted by molar-refractivity contribution is 8.77. The molecular weight excluding hydrogens is 214 g/mol. The molecule has 0 aromatic carbocycles. The van der Waals surface area contributed by atoms with E-state index in [1.807, 2.05) is 19.1 Å². The average Bonchev–Trinajstić information content (AvgIpc) is 2.20. The van der Waals surface area contributed by atoms with Gasteiger partial charge in [-0.1, -0.05) is 40.3 Å². The lowest BCUT2D eigenvalue weighted by atomic mass is 10.5. The molecule has 0 aliphatic carbocycles. The molecule has 0 spiro atoms. The van der Waals surface area contributed by atoms with E-state index in [-0.39, 0.29) is 5.37 Å². The van der Waals surface area contributed by atoms with Crippen LogP contribution in [0.4, 0.5) is 0 Å². The van der Waals surface area contributed by atoms with Gasteiger partial charge in [0.25, 0.3) is 0 Å². The van der Waals surface area contributed by atoms with Crippen LogP contribution in [0.1, 0.15) is 13.3 Å². The van der Waals surface area contributed by atoms with Crippen molar-refractivity contribution < 1.29 is 4.79 Å². The molecule has 14 heavy (non-hydrogen) atoms. The molecule has 1 atom stereocenters. The van der Waals surface area contributed by atoms with Crippen LogP contribution in [0.15, 0.2) is 29.8 Å². The summed E-state index contributed by atoms with van der Waals surface area (Å²) < 4.78 is 0. The highest BCUT2D eigenvalue weighted by atomic mass is 33.1. The first-order valence-electron chi connectivity index (χ1n) is 4.34. The summed E-state index contributed by atoms with van der Waals surface area (Å²) in [6, 6.07) is 0. The second-order valence-corrected chi connectivity index (χ2v) is 4.90. The quantitative estimate of drug-likeness (QED) is 0.210. The van der Waals surface area contributed by atoms with Crippen LogP contribution in [0.25, 0.3) is 0 Å². The maximum atomic E-state index is 10.1. The molecule has 78 valence electrons. The monoisotopic (exact) mass is 229 g/mol. The van der Waals surface area contributed by atoms with E-state index in [0.717, 1.165) is 12.0 Å². The van der Waals surface area contributed by atoms with E-state index >= 15 is 0 Å². The van der Waals surface area contributed by atoms with E-state index in [1.54, 1.807) is 33.9 Å². The smallest absolute Gasteiger partial charge is 0.123 e. The fourth-order valence-electron chi connectivity index (χ4n) is 0.641. The predicted octanol–water partition coefficient (Wildman–Crippen LogP) is 3.12. The maximum Gasteiger partial charge on any atom is 0.123 e. The SMILES string of the molecule is C=CC=CC(/N=C\C)SSCCC=O. The van der Waals surface area contributed by atoms with Crippen molar-refractivity contribution in [2.75, 3.05) is 5.75 Å². The van der Waals surface area contributed by atoms with Gasteiger partial charge in [0.05, 0.1) is 0 Å². The van der Waals surface area contributed by atoms with Gasteiger partial charge in [-0.3, -0.25) is 4.99 Å². The molecule has 0 saturated heterocycles. The van der Waals surface area contributed by atoms with Gasteiger partial charge in [0.15, 0.2) is 0 Å². The molecule has 0 amide bonds. The van der Waals surface area contributed by atoms with Gasteiger partial charge in [-0.05, 0) is 19.2 Å². The highest BCUT2D eigenvalue weighted by Crippen LogP contribution is 2.28. The first kappa shape index (κ1) is 13.5. The predicted molar refractivity (Wildman–Crippen MR) is 68.0 cm³/mol. The summed E-state index contributed by atoms with van der Waals surface area (Å²) >= 11 is 0. The first-order chi connectivity index (χ1) is 6.85. The molecule has 0 rings (SSSR count). The van der Waals surface area contributed by atoms with Crippen molar-refractivity contribution >= 4 is 34.1 Å². The average molecular weight is 229 g/mol. The maximum absolute atomic E-state index is 10.1. The zero-order chi connectivity index (χ0) is 10.6. The second-order valence-electron chi connectivity index (χ2n) is 2.29. The summed E-state index contributed by atoms with van der Waals surface area (Å²) in [7, 11) is 3.31. The topological polar surface area (TPSA) is 29.4 Å². The Morgan fingerprint density at radius 2 is 2.36 bits per heavy atom. The number of rotatable bonds is 8. The van der Waals surface area contributed by atoms with E-state index in [4.69, 9.17) is 0 Å². The van der Waals surface area contributed by atoms with Crippen molar-refractivity contribution in [1.29, 1.82) is 0 Å². The lowest BCUT2D eigenvalue weighted by Gasteiger charge is -2.04. The Morgan fingerprint density at radius 3 is 2.93 bits per heavy atom. The van der Waals surface area contributed by atoms with Gasteiger partial charge in [-0.2, -0.15) is 0 Å². The first-order valence-corrected chi connectivity index (χ1v) is 6.72. The summed E-state index contributed by atoms with van der Waals surface area (Å²) in [5.41, 5.74) is 0. The largest absolute Gasteiger partial charge is 0.303 e. The summed E-state index contributed by atoms with van der Waals surface area (Å²) in [5.74, 6) is 0.839. The standard InChI is InChI=1S/C10H15NOS2/c1-3-5-7-10(11-4-2)14-13-9-6-8-12/h3-5,7-8,10H,1,6,9H2,2H3/b7-5?,11-4-. The van der Waals surface area contributed by atoms with Crippen LogP contribution in [0.3, 0.4) is 0 Å². The molecule has 0 fully saturated rings. The Balaban J connectivity index is 3.78. The molecule has 0 aromatic heterocycles. The van der Waals surface area contributed by atoms with Crippen molar-refractivity contribution in [3.05, 3.63) is 24.8 Å².